The van der Waals surface area contributed by atoms with Crippen molar-refractivity contribution in [2.24, 2.45) is 5.73 Å². The Labute approximate surface area is 108 Å². The van der Waals surface area contributed by atoms with E-state index in [4.69, 9.17) is 5.73 Å². The van der Waals surface area contributed by atoms with Crippen LogP contribution in [0.15, 0.2) is 30.3 Å². The average Bonchev–Trinajstić information content (AvgIpc) is 2.46. The third kappa shape index (κ3) is 3.31. The molecule has 0 unspecified atom stereocenters. The van der Waals surface area contributed by atoms with E-state index in [1.54, 1.807) is 0 Å². The summed E-state index contributed by atoms with van der Waals surface area (Å²) in [5, 5.41) is 0. The molecule has 1 aromatic carbocycles. The molecule has 4 heteroatoms. The number of carbonyl (C=O) groups is 1. The summed E-state index contributed by atoms with van der Waals surface area (Å²) in [6.45, 7) is 5.33. The van der Waals surface area contributed by atoms with Crippen LogP contribution in [-0.2, 0) is 0 Å². The largest absolute Gasteiger partial charge is 0.336 e. The minimum Gasteiger partial charge on any atom is -0.336 e. The van der Waals surface area contributed by atoms with Crippen molar-refractivity contribution in [3.05, 3.63) is 35.9 Å². The van der Waals surface area contributed by atoms with E-state index in [1.165, 1.54) is 0 Å². The zero-order valence-electron chi connectivity index (χ0n) is 10.7. The van der Waals surface area contributed by atoms with E-state index in [1.807, 2.05) is 35.2 Å². The monoisotopic (exact) mass is 247 g/mol. The van der Waals surface area contributed by atoms with Crippen molar-refractivity contribution in [3.63, 3.8) is 0 Å². The van der Waals surface area contributed by atoms with Gasteiger partial charge in [-0.05, 0) is 31.6 Å². The molecule has 18 heavy (non-hydrogen) atoms. The maximum atomic E-state index is 12.2. The lowest BCUT2D eigenvalue weighted by atomic mass is 10.2. The molecule has 1 aromatic rings. The molecular weight excluding hydrogens is 226 g/mol. The number of nitrogens with two attached hydrogens (primary N) is 1. The molecule has 2 N–H and O–H groups in total. The first-order valence-corrected chi connectivity index (χ1v) is 6.58. The topological polar surface area (TPSA) is 49.6 Å². The number of piperazine rings is 1. The molecule has 1 heterocycles. The maximum absolute atomic E-state index is 12.2. The number of benzene rings is 1. The number of hydrogen-bond donors (Lipinski definition) is 1. The van der Waals surface area contributed by atoms with Crippen molar-refractivity contribution < 1.29 is 4.79 Å². The van der Waals surface area contributed by atoms with Crippen molar-refractivity contribution in [1.82, 2.24) is 9.80 Å². The predicted molar refractivity (Wildman–Crippen MR) is 72.5 cm³/mol. The van der Waals surface area contributed by atoms with Gasteiger partial charge < -0.3 is 10.6 Å². The molecule has 1 aliphatic rings. The van der Waals surface area contributed by atoms with Crippen LogP contribution in [-0.4, -0.2) is 55.0 Å². The summed E-state index contributed by atoms with van der Waals surface area (Å²) in [6, 6.07) is 9.50. The van der Waals surface area contributed by atoms with Gasteiger partial charge in [0.2, 0.25) is 0 Å². The highest BCUT2D eigenvalue weighted by molar-refractivity contribution is 5.94. The third-order valence-electron chi connectivity index (χ3n) is 3.36. The zero-order valence-corrected chi connectivity index (χ0v) is 10.7. The van der Waals surface area contributed by atoms with Crippen LogP contribution in [0.4, 0.5) is 0 Å². The van der Waals surface area contributed by atoms with Crippen LogP contribution in [0.2, 0.25) is 0 Å². The van der Waals surface area contributed by atoms with E-state index in [-0.39, 0.29) is 5.91 Å². The smallest absolute Gasteiger partial charge is 0.253 e. The van der Waals surface area contributed by atoms with Crippen molar-refractivity contribution in [2.75, 3.05) is 39.3 Å². The van der Waals surface area contributed by atoms with Crippen LogP contribution in [0.1, 0.15) is 16.8 Å². The maximum Gasteiger partial charge on any atom is 0.253 e. The van der Waals surface area contributed by atoms with Gasteiger partial charge in [-0.1, -0.05) is 18.2 Å². The van der Waals surface area contributed by atoms with Crippen molar-refractivity contribution in [2.45, 2.75) is 6.42 Å². The number of hydrogen-bond acceptors (Lipinski definition) is 3. The molecule has 0 aromatic heterocycles. The lowest BCUT2D eigenvalue weighted by Crippen LogP contribution is -2.49. The van der Waals surface area contributed by atoms with Crippen LogP contribution in [0.3, 0.4) is 0 Å². The Bertz CT molecular complexity index is 372. The summed E-state index contributed by atoms with van der Waals surface area (Å²) in [5.41, 5.74) is 6.29. The summed E-state index contributed by atoms with van der Waals surface area (Å²) < 4.78 is 0. The summed E-state index contributed by atoms with van der Waals surface area (Å²) in [5.74, 6) is 0.147. The molecule has 0 radical (unpaired) electrons. The van der Waals surface area contributed by atoms with Gasteiger partial charge in [0, 0.05) is 31.7 Å². The molecule has 0 saturated carbocycles. The highest BCUT2D eigenvalue weighted by Crippen LogP contribution is 2.08. The Morgan fingerprint density at radius 1 is 1.11 bits per heavy atom. The summed E-state index contributed by atoms with van der Waals surface area (Å²) >= 11 is 0. The fraction of sp³-hybridized carbons (Fsp3) is 0.500. The van der Waals surface area contributed by atoms with Gasteiger partial charge in [-0.2, -0.15) is 0 Å². The number of nitrogens with zero attached hydrogens (tertiary/aromatic N) is 2. The van der Waals surface area contributed by atoms with E-state index in [2.05, 4.69) is 4.90 Å². The second kappa shape index (κ2) is 6.52. The van der Waals surface area contributed by atoms with Gasteiger partial charge in [-0.3, -0.25) is 9.69 Å². The van der Waals surface area contributed by atoms with Crippen molar-refractivity contribution in [3.8, 4) is 0 Å². The molecule has 1 fully saturated rings. The first-order chi connectivity index (χ1) is 8.81. The standard InChI is InChI=1S/C14H21N3O/c15-7-4-8-16-9-11-17(12-10-16)14(18)13-5-2-1-3-6-13/h1-3,5-6H,4,7-12,15H2. The van der Waals surface area contributed by atoms with E-state index < -0.39 is 0 Å². The second-order valence-electron chi connectivity index (χ2n) is 4.64. The second-order valence-corrected chi connectivity index (χ2v) is 4.64. The van der Waals surface area contributed by atoms with Gasteiger partial charge in [0.05, 0.1) is 0 Å². The number of amides is 1. The van der Waals surface area contributed by atoms with Gasteiger partial charge in [-0.15, -0.1) is 0 Å². The quantitative estimate of drug-likeness (QED) is 0.856. The molecule has 98 valence electrons. The Balaban J connectivity index is 1.84. The Kier molecular flexibility index (Phi) is 4.73. The van der Waals surface area contributed by atoms with Gasteiger partial charge >= 0.3 is 0 Å². The highest BCUT2D eigenvalue weighted by atomic mass is 16.2. The third-order valence-corrected chi connectivity index (χ3v) is 3.36. The first kappa shape index (κ1) is 13.1. The number of rotatable bonds is 4. The Morgan fingerprint density at radius 3 is 2.39 bits per heavy atom. The van der Waals surface area contributed by atoms with E-state index in [0.29, 0.717) is 0 Å². The fourth-order valence-corrected chi connectivity index (χ4v) is 2.25. The molecule has 4 nitrogen and oxygen atoms in total. The molecule has 2 rings (SSSR count). The molecule has 0 bridgehead atoms. The minimum atomic E-state index is 0.147. The molecule has 1 aliphatic heterocycles. The van der Waals surface area contributed by atoms with Crippen molar-refractivity contribution in [1.29, 1.82) is 0 Å². The Morgan fingerprint density at radius 2 is 1.78 bits per heavy atom. The minimum absolute atomic E-state index is 0.147. The lowest BCUT2D eigenvalue weighted by molar-refractivity contribution is 0.0636. The first-order valence-electron chi connectivity index (χ1n) is 6.58. The summed E-state index contributed by atoms with van der Waals surface area (Å²) in [7, 11) is 0. The lowest BCUT2D eigenvalue weighted by Gasteiger charge is -2.34. The Hall–Kier alpha value is -1.39. The van der Waals surface area contributed by atoms with E-state index >= 15 is 0 Å². The summed E-state index contributed by atoms with van der Waals surface area (Å²) in [4.78, 5) is 16.5. The van der Waals surface area contributed by atoms with Gasteiger partial charge in [-0.25, -0.2) is 0 Å². The van der Waals surface area contributed by atoms with Crippen LogP contribution >= 0.6 is 0 Å². The van der Waals surface area contributed by atoms with E-state index in [9.17, 15) is 4.79 Å². The molecular formula is C14H21N3O. The van der Waals surface area contributed by atoms with Crippen LogP contribution in [0.25, 0.3) is 0 Å². The van der Waals surface area contributed by atoms with E-state index in [0.717, 1.165) is 51.3 Å². The fourth-order valence-electron chi connectivity index (χ4n) is 2.25. The van der Waals surface area contributed by atoms with Gasteiger partial charge in [0.15, 0.2) is 0 Å². The molecule has 0 atom stereocenters. The molecule has 1 amide bonds. The van der Waals surface area contributed by atoms with Crippen LogP contribution in [0, 0.1) is 0 Å². The molecule has 0 spiro atoms. The predicted octanol–water partition coefficient (Wildman–Crippen LogP) is 0.793. The SMILES string of the molecule is NCCCN1CCN(C(=O)c2ccccc2)CC1. The van der Waals surface area contributed by atoms with Gasteiger partial charge in [0.1, 0.15) is 0 Å². The molecule has 0 aliphatic carbocycles. The van der Waals surface area contributed by atoms with Crippen LogP contribution in [0.5, 0.6) is 0 Å². The number of carbonyl (C=O) groups excluding carboxylic acids is 1. The van der Waals surface area contributed by atoms with Crippen molar-refractivity contribution >= 4 is 5.91 Å². The summed E-state index contributed by atoms with van der Waals surface area (Å²) in [6.07, 6.45) is 1.03. The molecule has 1 saturated heterocycles. The van der Waals surface area contributed by atoms with Gasteiger partial charge in [0.25, 0.3) is 5.91 Å². The average molecular weight is 247 g/mol. The highest BCUT2D eigenvalue weighted by Gasteiger charge is 2.21. The normalized spacial score (nSPS) is 16.8. The zero-order chi connectivity index (χ0) is 12.8. The van der Waals surface area contributed by atoms with Crippen LogP contribution < -0.4 is 5.73 Å².